The zero-order chi connectivity index (χ0) is 38.4. The highest BCUT2D eigenvalue weighted by atomic mass is 16.3. The molecule has 58 heavy (non-hydrogen) atoms. The molecule has 0 atom stereocenters. The summed E-state index contributed by atoms with van der Waals surface area (Å²) in [7, 11) is 0. The van der Waals surface area contributed by atoms with Crippen LogP contribution in [0.3, 0.4) is 0 Å². The second kappa shape index (κ2) is 14.1. The maximum Gasteiger partial charge on any atom is 0.136 e. The molecule has 1 aromatic heterocycles. The van der Waals surface area contributed by atoms with E-state index >= 15 is 0 Å². The third-order valence-corrected chi connectivity index (χ3v) is 11.5. The monoisotopic (exact) mass is 739 g/mol. The van der Waals surface area contributed by atoms with E-state index in [4.69, 9.17) is 4.42 Å². The molecule has 0 radical (unpaired) electrons. The van der Waals surface area contributed by atoms with Gasteiger partial charge in [0.1, 0.15) is 11.2 Å². The van der Waals surface area contributed by atoms with Gasteiger partial charge in [-0.05, 0) is 109 Å². The molecule has 11 rings (SSSR count). The molecule has 0 N–H and O–H groups in total. The molecule has 0 saturated heterocycles. The smallest absolute Gasteiger partial charge is 0.136 e. The van der Waals surface area contributed by atoms with Crippen LogP contribution in [0.2, 0.25) is 0 Å². The van der Waals surface area contributed by atoms with Crippen LogP contribution >= 0.6 is 0 Å². The van der Waals surface area contributed by atoms with Crippen molar-refractivity contribution in [2.24, 2.45) is 0 Å². The van der Waals surface area contributed by atoms with Crippen LogP contribution in [0, 0.1) is 0 Å². The molecule has 0 spiro atoms. The van der Waals surface area contributed by atoms with Crippen molar-refractivity contribution in [3.05, 3.63) is 224 Å². The van der Waals surface area contributed by atoms with Gasteiger partial charge in [-0.15, -0.1) is 0 Å². The van der Waals surface area contributed by atoms with Crippen LogP contribution in [-0.2, 0) is 0 Å². The van der Waals surface area contributed by atoms with Gasteiger partial charge in [0.2, 0.25) is 0 Å². The van der Waals surface area contributed by atoms with Crippen LogP contribution in [0.5, 0.6) is 0 Å². The van der Waals surface area contributed by atoms with Gasteiger partial charge in [0, 0.05) is 27.7 Å². The van der Waals surface area contributed by atoms with Crippen molar-refractivity contribution in [3.63, 3.8) is 0 Å². The topological polar surface area (TPSA) is 16.4 Å². The van der Waals surface area contributed by atoms with E-state index in [2.05, 4.69) is 223 Å². The predicted octanol–water partition coefficient (Wildman–Crippen LogP) is 16.0. The molecular formula is C56H37NO. The lowest BCUT2D eigenvalue weighted by atomic mass is 9.89. The lowest BCUT2D eigenvalue weighted by Gasteiger charge is -2.29. The van der Waals surface area contributed by atoms with Gasteiger partial charge in [0.05, 0.1) is 5.69 Å². The highest BCUT2D eigenvalue weighted by Gasteiger charge is 2.24. The molecule has 0 bridgehead atoms. The van der Waals surface area contributed by atoms with E-state index in [0.29, 0.717) is 0 Å². The van der Waals surface area contributed by atoms with Crippen LogP contribution in [0.4, 0.5) is 17.1 Å². The molecule has 0 fully saturated rings. The average molecular weight is 740 g/mol. The highest BCUT2D eigenvalue weighted by Crippen LogP contribution is 2.50. The zero-order valence-corrected chi connectivity index (χ0v) is 31.7. The Morgan fingerprint density at radius 3 is 1.34 bits per heavy atom. The summed E-state index contributed by atoms with van der Waals surface area (Å²) < 4.78 is 6.61. The fourth-order valence-corrected chi connectivity index (χ4v) is 8.68. The maximum atomic E-state index is 6.61. The largest absolute Gasteiger partial charge is 0.456 e. The van der Waals surface area contributed by atoms with Gasteiger partial charge in [-0.2, -0.15) is 0 Å². The van der Waals surface area contributed by atoms with E-state index in [-0.39, 0.29) is 0 Å². The molecule has 2 heteroatoms. The molecule has 0 unspecified atom stereocenters. The minimum atomic E-state index is 0.867. The summed E-state index contributed by atoms with van der Waals surface area (Å²) in [5, 5.41) is 7.08. The molecule has 10 aromatic carbocycles. The van der Waals surface area contributed by atoms with Crippen molar-refractivity contribution < 1.29 is 4.42 Å². The fourth-order valence-electron chi connectivity index (χ4n) is 8.68. The molecule has 0 amide bonds. The number of hydrogen-bond donors (Lipinski definition) is 0. The van der Waals surface area contributed by atoms with Crippen molar-refractivity contribution in [2.45, 2.75) is 0 Å². The van der Waals surface area contributed by atoms with Gasteiger partial charge in [-0.25, -0.2) is 0 Å². The highest BCUT2D eigenvalue weighted by molar-refractivity contribution is 6.22. The molecule has 11 aromatic rings. The number of nitrogens with zero attached hydrogens (tertiary/aromatic N) is 1. The Labute approximate surface area is 337 Å². The quantitative estimate of drug-likeness (QED) is 0.151. The summed E-state index contributed by atoms with van der Waals surface area (Å²) >= 11 is 0. The first kappa shape index (κ1) is 33.6. The molecule has 0 saturated carbocycles. The van der Waals surface area contributed by atoms with Crippen molar-refractivity contribution in [1.29, 1.82) is 0 Å². The van der Waals surface area contributed by atoms with E-state index in [1.54, 1.807) is 0 Å². The molecule has 0 aliphatic heterocycles. The minimum Gasteiger partial charge on any atom is -0.456 e. The number of furan rings is 1. The third kappa shape index (κ3) is 5.82. The number of anilines is 3. The van der Waals surface area contributed by atoms with Gasteiger partial charge in [-0.3, -0.25) is 0 Å². The molecular weight excluding hydrogens is 703 g/mol. The molecule has 2 nitrogen and oxygen atoms in total. The van der Waals surface area contributed by atoms with Crippen molar-refractivity contribution in [3.8, 4) is 44.5 Å². The fraction of sp³-hybridized carbons (Fsp3) is 0. The van der Waals surface area contributed by atoms with E-state index < -0.39 is 0 Å². The van der Waals surface area contributed by atoms with Gasteiger partial charge in [-0.1, -0.05) is 176 Å². The summed E-state index contributed by atoms with van der Waals surface area (Å²) in [6.45, 7) is 0. The van der Waals surface area contributed by atoms with E-state index in [1.807, 2.05) is 6.07 Å². The van der Waals surface area contributed by atoms with Crippen LogP contribution in [-0.4, -0.2) is 0 Å². The number of hydrogen-bond acceptors (Lipinski definition) is 2. The Morgan fingerprint density at radius 1 is 0.310 bits per heavy atom. The summed E-state index contributed by atoms with van der Waals surface area (Å²) in [4.78, 5) is 2.41. The second-order valence-electron chi connectivity index (χ2n) is 14.9. The van der Waals surface area contributed by atoms with Crippen molar-refractivity contribution >= 4 is 60.5 Å². The summed E-state index contributed by atoms with van der Waals surface area (Å²) in [6, 6.07) is 80.7. The molecule has 0 aliphatic rings. The number of benzene rings is 10. The van der Waals surface area contributed by atoms with Gasteiger partial charge in [0.15, 0.2) is 0 Å². The zero-order valence-electron chi connectivity index (χ0n) is 31.7. The Morgan fingerprint density at radius 2 is 0.759 bits per heavy atom. The van der Waals surface area contributed by atoms with Crippen LogP contribution in [0.25, 0.3) is 88.0 Å². The van der Waals surface area contributed by atoms with Crippen LogP contribution < -0.4 is 4.90 Å². The van der Waals surface area contributed by atoms with E-state index in [0.717, 1.165) is 44.6 Å². The van der Waals surface area contributed by atoms with Crippen molar-refractivity contribution in [2.75, 3.05) is 4.90 Å². The first-order valence-corrected chi connectivity index (χ1v) is 19.8. The third-order valence-electron chi connectivity index (χ3n) is 11.5. The second-order valence-corrected chi connectivity index (χ2v) is 14.9. The Kier molecular flexibility index (Phi) is 8.19. The number of para-hydroxylation sites is 1. The van der Waals surface area contributed by atoms with Crippen molar-refractivity contribution in [1.82, 2.24) is 0 Å². The van der Waals surface area contributed by atoms with Crippen LogP contribution in [0.15, 0.2) is 229 Å². The lowest BCUT2D eigenvalue weighted by Crippen LogP contribution is -2.11. The Balaban J connectivity index is 1.14. The van der Waals surface area contributed by atoms with Gasteiger partial charge in [0.25, 0.3) is 0 Å². The summed E-state index contributed by atoms with van der Waals surface area (Å²) in [6.07, 6.45) is 0. The minimum absolute atomic E-state index is 0.867. The predicted molar refractivity (Wildman–Crippen MR) is 245 cm³/mol. The molecule has 0 aliphatic carbocycles. The standard InChI is InChI=1S/C56H37NO/c1-3-13-38(14-4-1)40-23-25-41(26-24-40)43-29-33-46(34-30-43)57(45-31-27-42(28-32-45)39-15-5-2-6-16-39)52-35-36-54-56(50-21-11-12-22-53(50)58-54)55(52)51-37-44-17-7-8-18-47(44)48-19-9-10-20-49(48)51/h1-37H. The molecule has 1 heterocycles. The van der Waals surface area contributed by atoms with Gasteiger partial charge >= 0.3 is 0 Å². The number of fused-ring (bicyclic) bond motifs is 6. The lowest BCUT2D eigenvalue weighted by molar-refractivity contribution is 0.669. The van der Waals surface area contributed by atoms with E-state index in [1.165, 1.54) is 60.5 Å². The summed E-state index contributed by atoms with van der Waals surface area (Å²) in [5.41, 5.74) is 14.4. The molecule has 272 valence electrons. The van der Waals surface area contributed by atoms with Crippen LogP contribution in [0.1, 0.15) is 0 Å². The normalized spacial score (nSPS) is 11.4. The van der Waals surface area contributed by atoms with Gasteiger partial charge < -0.3 is 9.32 Å². The Bertz CT molecular complexity index is 3240. The first-order chi connectivity index (χ1) is 28.8. The summed E-state index contributed by atoms with van der Waals surface area (Å²) in [5.74, 6) is 0. The average Bonchev–Trinajstić information content (AvgIpc) is 3.69. The van der Waals surface area contributed by atoms with E-state index in [9.17, 15) is 0 Å². The Hall–Kier alpha value is -7.68. The SMILES string of the molecule is c1ccc(-c2ccc(-c3ccc(N(c4ccc(-c5ccccc5)cc4)c4ccc5oc6ccccc6c5c4-c4cc5ccccc5c5ccccc45)cc3)cc2)cc1. The maximum absolute atomic E-state index is 6.61. The number of rotatable bonds is 7. The first-order valence-electron chi connectivity index (χ1n) is 19.8.